The lowest BCUT2D eigenvalue weighted by Crippen LogP contribution is -2.24. The van der Waals surface area contributed by atoms with Gasteiger partial charge in [0.15, 0.2) is 0 Å². The summed E-state index contributed by atoms with van der Waals surface area (Å²) in [5.74, 6) is -0.363. The second kappa shape index (κ2) is 6.19. The highest BCUT2D eigenvalue weighted by Gasteiger charge is 2.06. The first-order chi connectivity index (χ1) is 8.74. The van der Waals surface area contributed by atoms with E-state index in [2.05, 4.69) is 10.6 Å². The van der Waals surface area contributed by atoms with Crippen molar-refractivity contribution in [1.29, 1.82) is 0 Å². The van der Waals surface area contributed by atoms with E-state index < -0.39 is 0 Å². The standard InChI is InChI=1S/C14H17FN2O/c15-12-7-4-8-13(9-12)17-14(18)16-10-11-5-2-1-3-6-11/h4,7-10H,1-3,5-6H2,(H2,16,17,18). The number of anilines is 1. The van der Waals surface area contributed by atoms with E-state index in [1.165, 1.54) is 37.0 Å². The molecule has 0 saturated heterocycles. The number of benzene rings is 1. The van der Waals surface area contributed by atoms with Crippen molar-refractivity contribution in [1.82, 2.24) is 5.32 Å². The van der Waals surface area contributed by atoms with Crippen LogP contribution in [0.5, 0.6) is 0 Å². The quantitative estimate of drug-likeness (QED) is 0.821. The van der Waals surface area contributed by atoms with E-state index in [1.54, 1.807) is 18.3 Å². The predicted molar refractivity (Wildman–Crippen MR) is 69.7 cm³/mol. The van der Waals surface area contributed by atoms with E-state index in [0.717, 1.165) is 12.8 Å². The summed E-state index contributed by atoms with van der Waals surface area (Å²) in [6, 6.07) is 5.50. The van der Waals surface area contributed by atoms with Crippen molar-refractivity contribution >= 4 is 11.7 Å². The molecule has 1 fully saturated rings. The zero-order valence-electron chi connectivity index (χ0n) is 10.2. The largest absolute Gasteiger partial charge is 0.323 e. The summed E-state index contributed by atoms with van der Waals surface area (Å²) in [4.78, 5) is 11.6. The lowest BCUT2D eigenvalue weighted by atomic mass is 9.96. The summed E-state index contributed by atoms with van der Waals surface area (Å²) < 4.78 is 12.9. The highest BCUT2D eigenvalue weighted by atomic mass is 19.1. The molecular formula is C14H17FN2O. The van der Waals surface area contributed by atoms with Gasteiger partial charge in [-0.15, -0.1) is 0 Å². The number of carbonyl (C=O) groups excluding carboxylic acids is 1. The number of hydrogen-bond donors (Lipinski definition) is 2. The Kier molecular flexibility index (Phi) is 4.34. The van der Waals surface area contributed by atoms with E-state index in [-0.39, 0.29) is 11.8 Å². The van der Waals surface area contributed by atoms with E-state index in [0.29, 0.717) is 5.69 Å². The predicted octanol–water partition coefficient (Wildman–Crippen LogP) is 3.80. The molecule has 1 saturated carbocycles. The second-order valence-corrected chi connectivity index (χ2v) is 4.47. The van der Waals surface area contributed by atoms with E-state index >= 15 is 0 Å². The van der Waals surface area contributed by atoms with Crippen LogP contribution in [0.25, 0.3) is 0 Å². The minimum Gasteiger partial charge on any atom is -0.314 e. The summed E-state index contributed by atoms with van der Waals surface area (Å²) in [6.45, 7) is 0. The van der Waals surface area contributed by atoms with Crippen LogP contribution in [-0.2, 0) is 0 Å². The smallest absolute Gasteiger partial charge is 0.314 e. The van der Waals surface area contributed by atoms with Gasteiger partial charge in [0, 0.05) is 11.9 Å². The second-order valence-electron chi connectivity index (χ2n) is 4.47. The number of carbonyl (C=O) groups is 1. The fraction of sp³-hybridized carbons (Fsp3) is 0.357. The summed E-state index contributed by atoms with van der Waals surface area (Å²) in [7, 11) is 0. The molecule has 1 aromatic carbocycles. The SMILES string of the molecule is O=C(NC=C1CCCCC1)Nc1cccc(F)c1. The molecule has 0 aliphatic heterocycles. The maximum Gasteiger partial charge on any atom is 0.323 e. The Labute approximate surface area is 106 Å². The zero-order chi connectivity index (χ0) is 12.8. The van der Waals surface area contributed by atoms with Gasteiger partial charge >= 0.3 is 6.03 Å². The van der Waals surface area contributed by atoms with E-state index in [4.69, 9.17) is 0 Å². The van der Waals surface area contributed by atoms with Crippen molar-refractivity contribution in [3.8, 4) is 0 Å². The van der Waals surface area contributed by atoms with Crippen LogP contribution < -0.4 is 10.6 Å². The van der Waals surface area contributed by atoms with E-state index in [9.17, 15) is 9.18 Å². The molecule has 2 amide bonds. The highest BCUT2D eigenvalue weighted by Crippen LogP contribution is 2.21. The van der Waals surface area contributed by atoms with Crippen LogP contribution in [0.2, 0.25) is 0 Å². The molecule has 3 nitrogen and oxygen atoms in total. The third-order valence-electron chi connectivity index (χ3n) is 2.99. The van der Waals surface area contributed by atoms with Crippen molar-refractivity contribution in [2.24, 2.45) is 0 Å². The molecule has 0 aromatic heterocycles. The van der Waals surface area contributed by atoms with Gasteiger partial charge in [-0.2, -0.15) is 0 Å². The lowest BCUT2D eigenvalue weighted by molar-refractivity contribution is 0.255. The van der Waals surface area contributed by atoms with Gasteiger partial charge in [0.05, 0.1) is 0 Å². The summed E-state index contributed by atoms with van der Waals surface area (Å²) in [6.07, 6.45) is 7.54. The number of halogens is 1. The maximum absolute atomic E-state index is 12.9. The fourth-order valence-electron chi connectivity index (χ4n) is 2.05. The number of rotatable bonds is 2. The van der Waals surface area contributed by atoms with Crippen molar-refractivity contribution in [3.05, 3.63) is 41.9 Å². The van der Waals surface area contributed by atoms with Crippen LogP contribution >= 0.6 is 0 Å². The molecule has 1 aliphatic carbocycles. The van der Waals surface area contributed by atoms with Crippen LogP contribution in [0.15, 0.2) is 36.0 Å². The molecule has 1 aromatic rings. The van der Waals surface area contributed by atoms with Crippen molar-refractivity contribution in [2.75, 3.05) is 5.32 Å². The number of amides is 2. The topological polar surface area (TPSA) is 41.1 Å². The van der Waals surface area contributed by atoms with Crippen LogP contribution in [0.3, 0.4) is 0 Å². The molecule has 1 aliphatic rings. The Hall–Kier alpha value is -1.84. The molecule has 0 radical (unpaired) electrons. The van der Waals surface area contributed by atoms with Gasteiger partial charge in [0.2, 0.25) is 0 Å². The van der Waals surface area contributed by atoms with Gasteiger partial charge in [0.1, 0.15) is 5.82 Å². The van der Waals surface area contributed by atoms with Gasteiger partial charge in [-0.05, 0) is 43.9 Å². The molecule has 96 valence electrons. The normalized spacial score (nSPS) is 15.1. The van der Waals surface area contributed by atoms with Crippen molar-refractivity contribution in [2.45, 2.75) is 32.1 Å². The van der Waals surface area contributed by atoms with Crippen LogP contribution in [0.4, 0.5) is 14.9 Å². The number of nitrogens with one attached hydrogen (secondary N) is 2. The number of hydrogen-bond acceptors (Lipinski definition) is 1. The average molecular weight is 248 g/mol. The molecule has 0 bridgehead atoms. The van der Waals surface area contributed by atoms with Gasteiger partial charge in [-0.25, -0.2) is 9.18 Å². The molecule has 18 heavy (non-hydrogen) atoms. The molecule has 0 atom stereocenters. The Balaban J connectivity index is 1.85. The van der Waals surface area contributed by atoms with Gasteiger partial charge in [0.25, 0.3) is 0 Å². The third kappa shape index (κ3) is 3.87. The molecule has 4 heteroatoms. The number of allylic oxidation sites excluding steroid dienone is 1. The molecule has 0 unspecified atom stereocenters. The molecule has 2 N–H and O–H groups in total. The molecule has 0 heterocycles. The fourth-order valence-corrected chi connectivity index (χ4v) is 2.05. The lowest BCUT2D eigenvalue weighted by Gasteiger charge is -2.13. The maximum atomic E-state index is 12.9. The molecular weight excluding hydrogens is 231 g/mol. The summed E-state index contributed by atoms with van der Waals surface area (Å²) >= 11 is 0. The van der Waals surface area contributed by atoms with E-state index in [1.807, 2.05) is 0 Å². The van der Waals surface area contributed by atoms with Crippen LogP contribution in [0, 0.1) is 5.82 Å². The Morgan fingerprint density at radius 1 is 1.22 bits per heavy atom. The molecule has 2 rings (SSSR count). The Morgan fingerprint density at radius 2 is 2.00 bits per heavy atom. The zero-order valence-corrected chi connectivity index (χ0v) is 10.2. The first-order valence-electron chi connectivity index (χ1n) is 6.25. The minimum atomic E-state index is -0.363. The van der Waals surface area contributed by atoms with Crippen LogP contribution in [0.1, 0.15) is 32.1 Å². The van der Waals surface area contributed by atoms with Gasteiger partial charge < -0.3 is 10.6 Å². The molecule has 0 spiro atoms. The van der Waals surface area contributed by atoms with Crippen molar-refractivity contribution in [3.63, 3.8) is 0 Å². The van der Waals surface area contributed by atoms with Gasteiger partial charge in [-0.1, -0.05) is 18.1 Å². The Bertz CT molecular complexity index is 449. The first kappa shape index (κ1) is 12.6. The number of urea groups is 1. The highest BCUT2D eigenvalue weighted by molar-refractivity contribution is 5.89. The van der Waals surface area contributed by atoms with Crippen molar-refractivity contribution < 1.29 is 9.18 Å². The first-order valence-corrected chi connectivity index (χ1v) is 6.25. The van der Waals surface area contributed by atoms with Crippen LogP contribution in [-0.4, -0.2) is 6.03 Å². The van der Waals surface area contributed by atoms with Gasteiger partial charge in [-0.3, -0.25) is 0 Å². The summed E-state index contributed by atoms with van der Waals surface area (Å²) in [5, 5.41) is 5.27. The average Bonchev–Trinajstić information content (AvgIpc) is 2.38. The summed E-state index contributed by atoms with van der Waals surface area (Å²) in [5.41, 5.74) is 1.73. The minimum absolute atomic E-state index is 0.335. The Morgan fingerprint density at radius 3 is 2.72 bits per heavy atom. The third-order valence-corrected chi connectivity index (χ3v) is 2.99. The monoisotopic (exact) mass is 248 g/mol.